The molecule has 0 fully saturated rings. The Hall–Kier alpha value is -4.01. The number of nitrogens with zero attached hydrogens (tertiary/aromatic N) is 2. The Morgan fingerprint density at radius 1 is 0.750 bits per heavy atom. The van der Waals surface area contributed by atoms with Crippen LogP contribution in [0.2, 0.25) is 0 Å². The van der Waals surface area contributed by atoms with Gasteiger partial charge in [0.15, 0.2) is 0 Å². The monoisotopic (exact) mass is 380 g/mol. The molecule has 0 unspecified atom stereocenters. The molecule has 0 radical (unpaired) electrons. The molecule has 1 heterocycles. The third kappa shape index (κ3) is 4.21. The topological polar surface area (TPSA) is 120 Å². The van der Waals surface area contributed by atoms with Gasteiger partial charge in [-0.25, -0.2) is 14.4 Å². The minimum absolute atomic E-state index is 0.0988. The van der Waals surface area contributed by atoms with E-state index in [4.69, 9.17) is 0 Å². The smallest absolute Gasteiger partial charge is 0.337 e. The number of benzene rings is 2. The van der Waals surface area contributed by atoms with E-state index >= 15 is 0 Å². The number of esters is 2. The number of ether oxygens (including phenoxy) is 2. The SMILES string of the molecule is COC(=O)c1cc(NC(=O)Nc2ccc3nccnc3c2)cc(C(=O)OC)c1. The Kier molecular flexibility index (Phi) is 5.45. The molecule has 0 aliphatic rings. The second-order valence-corrected chi connectivity index (χ2v) is 5.62. The van der Waals surface area contributed by atoms with Gasteiger partial charge < -0.3 is 20.1 Å². The number of aromatic nitrogens is 2. The first-order chi connectivity index (χ1) is 13.5. The predicted octanol–water partition coefficient (Wildman–Crippen LogP) is 2.85. The van der Waals surface area contributed by atoms with Gasteiger partial charge in [0.2, 0.25) is 0 Å². The number of rotatable bonds is 4. The van der Waals surface area contributed by atoms with E-state index in [9.17, 15) is 14.4 Å². The van der Waals surface area contributed by atoms with Crippen LogP contribution in [0.15, 0.2) is 48.8 Å². The summed E-state index contributed by atoms with van der Waals surface area (Å²) in [4.78, 5) is 44.3. The fourth-order valence-corrected chi connectivity index (χ4v) is 2.51. The summed E-state index contributed by atoms with van der Waals surface area (Å²) in [5, 5.41) is 5.23. The van der Waals surface area contributed by atoms with Gasteiger partial charge in [0, 0.05) is 23.8 Å². The highest BCUT2D eigenvalue weighted by molar-refractivity contribution is 6.03. The molecule has 2 amide bonds. The van der Waals surface area contributed by atoms with Crippen LogP contribution in [0.25, 0.3) is 11.0 Å². The predicted molar refractivity (Wildman–Crippen MR) is 101 cm³/mol. The third-order valence-electron chi connectivity index (χ3n) is 3.76. The first-order valence-corrected chi connectivity index (χ1v) is 8.10. The lowest BCUT2D eigenvalue weighted by Gasteiger charge is -2.11. The highest BCUT2D eigenvalue weighted by Crippen LogP contribution is 2.19. The number of methoxy groups -OCH3 is 2. The van der Waals surface area contributed by atoms with E-state index in [1.54, 1.807) is 30.6 Å². The number of carbonyl (C=O) groups excluding carboxylic acids is 3. The van der Waals surface area contributed by atoms with Crippen molar-refractivity contribution in [3.63, 3.8) is 0 Å². The summed E-state index contributed by atoms with van der Waals surface area (Å²) in [5.41, 5.74) is 2.25. The summed E-state index contributed by atoms with van der Waals surface area (Å²) in [5.74, 6) is -1.30. The maximum absolute atomic E-state index is 12.3. The standard InChI is InChI=1S/C19H16N4O5/c1-27-17(24)11-7-12(18(25)28-2)9-14(8-11)23-19(26)22-13-3-4-15-16(10-13)21-6-5-20-15/h3-10H,1-2H3,(H2,22,23,26). The van der Waals surface area contributed by atoms with Crippen LogP contribution in [0.4, 0.5) is 16.2 Å². The minimum Gasteiger partial charge on any atom is -0.465 e. The molecule has 28 heavy (non-hydrogen) atoms. The molecule has 3 rings (SSSR count). The van der Waals surface area contributed by atoms with Crippen molar-refractivity contribution in [1.82, 2.24) is 9.97 Å². The van der Waals surface area contributed by atoms with Gasteiger partial charge >= 0.3 is 18.0 Å². The lowest BCUT2D eigenvalue weighted by molar-refractivity contribution is 0.0599. The number of hydrogen-bond donors (Lipinski definition) is 2. The molecular weight excluding hydrogens is 364 g/mol. The Morgan fingerprint density at radius 3 is 1.93 bits per heavy atom. The Labute approximate surface area is 159 Å². The fourth-order valence-electron chi connectivity index (χ4n) is 2.51. The quantitative estimate of drug-likeness (QED) is 0.668. The van der Waals surface area contributed by atoms with Crippen molar-refractivity contribution >= 4 is 40.4 Å². The average molecular weight is 380 g/mol. The molecule has 2 aromatic carbocycles. The molecule has 142 valence electrons. The molecule has 0 saturated carbocycles. The summed E-state index contributed by atoms with van der Waals surface area (Å²) < 4.78 is 9.34. The molecule has 1 aromatic heterocycles. The molecular formula is C19H16N4O5. The Balaban J connectivity index is 1.81. The van der Waals surface area contributed by atoms with Crippen LogP contribution in [0.5, 0.6) is 0 Å². The van der Waals surface area contributed by atoms with E-state index < -0.39 is 18.0 Å². The van der Waals surface area contributed by atoms with Gasteiger partial charge in [0.25, 0.3) is 0 Å². The lowest BCUT2D eigenvalue weighted by atomic mass is 10.1. The maximum Gasteiger partial charge on any atom is 0.337 e. The number of amides is 2. The zero-order valence-corrected chi connectivity index (χ0v) is 15.1. The molecule has 0 aliphatic carbocycles. The lowest BCUT2D eigenvalue weighted by Crippen LogP contribution is -2.20. The van der Waals surface area contributed by atoms with Gasteiger partial charge in [0.1, 0.15) is 0 Å². The molecule has 3 aromatic rings. The van der Waals surface area contributed by atoms with Crippen LogP contribution < -0.4 is 10.6 Å². The van der Waals surface area contributed by atoms with Gasteiger partial charge in [-0.15, -0.1) is 0 Å². The van der Waals surface area contributed by atoms with Crippen molar-refractivity contribution in [2.45, 2.75) is 0 Å². The molecule has 0 saturated heterocycles. The first-order valence-electron chi connectivity index (χ1n) is 8.10. The van der Waals surface area contributed by atoms with Crippen LogP contribution in [0.3, 0.4) is 0 Å². The highest BCUT2D eigenvalue weighted by atomic mass is 16.5. The van der Waals surface area contributed by atoms with Crippen molar-refractivity contribution in [1.29, 1.82) is 0 Å². The van der Waals surface area contributed by atoms with E-state index in [2.05, 4.69) is 30.1 Å². The van der Waals surface area contributed by atoms with E-state index in [1.807, 2.05) is 0 Å². The Bertz CT molecular complexity index is 1030. The molecule has 0 spiro atoms. The Morgan fingerprint density at radius 2 is 1.32 bits per heavy atom. The van der Waals surface area contributed by atoms with Gasteiger partial charge in [-0.3, -0.25) is 9.97 Å². The number of fused-ring (bicyclic) bond motifs is 1. The number of anilines is 2. The number of hydrogen-bond acceptors (Lipinski definition) is 7. The summed E-state index contributed by atoms with van der Waals surface area (Å²) >= 11 is 0. The van der Waals surface area contributed by atoms with Crippen LogP contribution in [0, 0.1) is 0 Å². The normalized spacial score (nSPS) is 10.2. The van der Waals surface area contributed by atoms with Crippen LogP contribution >= 0.6 is 0 Å². The zero-order chi connectivity index (χ0) is 20.1. The third-order valence-corrected chi connectivity index (χ3v) is 3.76. The number of nitrogens with one attached hydrogen (secondary N) is 2. The first kappa shape index (κ1) is 18.8. The molecule has 9 nitrogen and oxygen atoms in total. The van der Waals surface area contributed by atoms with E-state index in [1.165, 1.54) is 32.4 Å². The molecule has 9 heteroatoms. The van der Waals surface area contributed by atoms with Gasteiger partial charge in [-0.1, -0.05) is 0 Å². The summed E-state index contributed by atoms with van der Waals surface area (Å²) in [7, 11) is 2.44. The molecule has 0 bridgehead atoms. The summed E-state index contributed by atoms with van der Waals surface area (Å²) in [6.45, 7) is 0. The van der Waals surface area contributed by atoms with Crippen LogP contribution in [0.1, 0.15) is 20.7 Å². The second kappa shape index (κ2) is 8.12. The zero-order valence-electron chi connectivity index (χ0n) is 15.1. The summed E-state index contributed by atoms with van der Waals surface area (Å²) in [6, 6.07) is 8.62. The molecule has 2 N–H and O–H groups in total. The van der Waals surface area contributed by atoms with Gasteiger partial charge in [0.05, 0.1) is 36.4 Å². The van der Waals surface area contributed by atoms with Crippen molar-refractivity contribution in [3.8, 4) is 0 Å². The maximum atomic E-state index is 12.3. The number of carbonyl (C=O) groups is 3. The second-order valence-electron chi connectivity index (χ2n) is 5.62. The molecule has 0 aliphatic heterocycles. The van der Waals surface area contributed by atoms with E-state index in [0.717, 1.165) is 0 Å². The van der Waals surface area contributed by atoms with Gasteiger partial charge in [-0.2, -0.15) is 0 Å². The van der Waals surface area contributed by atoms with E-state index in [0.29, 0.717) is 16.7 Å². The van der Waals surface area contributed by atoms with Crippen molar-refractivity contribution in [2.24, 2.45) is 0 Å². The summed E-state index contributed by atoms with van der Waals surface area (Å²) in [6.07, 6.45) is 3.13. The van der Waals surface area contributed by atoms with E-state index in [-0.39, 0.29) is 16.8 Å². The molecule has 0 atom stereocenters. The number of urea groups is 1. The van der Waals surface area contributed by atoms with Crippen LogP contribution in [-0.4, -0.2) is 42.2 Å². The minimum atomic E-state index is -0.651. The largest absolute Gasteiger partial charge is 0.465 e. The average Bonchev–Trinajstić information content (AvgIpc) is 2.72. The van der Waals surface area contributed by atoms with Crippen molar-refractivity contribution in [3.05, 3.63) is 59.9 Å². The van der Waals surface area contributed by atoms with Crippen molar-refractivity contribution < 1.29 is 23.9 Å². The fraction of sp³-hybridized carbons (Fsp3) is 0.105. The van der Waals surface area contributed by atoms with Crippen molar-refractivity contribution in [2.75, 3.05) is 24.9 Å². The van der Waals surface area contributed by atoms with Gasteiger partial charge in [-0.05, 0) is 36.4 Å². The van der Waals surface area contributed by atoms with Crippen LogP contribution in [-0.2, 0) is 9.47 Å². The highest BCUT2D eigenvalue weighted by Gasteiger charge is 2.15.